The summed E-state index contributed by atoms with van der Waals surface area (Å²) in [6.45, 7) is 0. The molecule has 1 atom stereocenters. The van der Waals surface area contributed by atoms with E-state index in [1.807, 2.05) is 0 Å². The number of carbonyl (C=O) groups is 1. The maximum absolute atomic E-state index is 11.3. The Balaban J connectivity index is 2.23. The fraction of sp³-hybridized carbons (Fsp3) is 0.364. The number of hydrogen-bond acceptors (Lipinski definition) is 5. The molecule has 0 unspecified atom stereocenters. The molecule has 0 saturated heterocycles. The Labute approximate surface area is 97.3 Å². The molecule has 0 aromatic heterocycles. The molecule has 0 amide bonds. The first kappa shape index (κ1) is 11.4. The van der Waals surface area contributed by atoms with E-state index in [-0.39, 0.29) is 5.69 Å². The van der Waals surface area contributed by atoms with Crippen molar-refractivity contribution in [3.8, 4) is 5.75 Å². The van der Waals surface area contributed by atoms with E-state index in [2.05, 4.69) is 4.74 Å². The fourth-order valence-corrected chi connectivity index (χ4v) is 1.79. The largest absolute Gasteiger partial charge is 0.478 e. The highest BCUT2D eigenvalue weighted by atomic mass is 16.6. The van der Waals surface area contributed by atoms with Crippen LogP contribution in [0.4, 0.5) is 5.69 Å². The van der Waals surface area contributed by atoms with Gasteiger partial charge in [0.1, 0.15) is 5.75 Å². The lowest BCUT2D eigenvalue weighted by atomic mass is 10.0. The number of nitro benzene ring substituents is 1. The average Bonchev–Trinajstić information content (AvgIpc) is 2.36. The standard InChI is InChI=1S/C11H11NO5/c1-16-11(13)10-4-2-7-6-8(12(14)15)3-5-9(7)17-10/h3,5-6,10H,2,4H2,1H3/t10-/m0/s1. The molecule has 2 rings (SSSR count). The Morgan fingerprint density at radius 2 is 2.35 bits per heavy atom. The van der Waals surface area contributed by atoms with Crippen LogP contribution >= 0.6 is 0 Å². The lowest BCUT2D eigenvalue weighted by molar-refractivity contribution is -0.385. The molecular formula is C11H11NO5. The van der Waals surface area contributed by atoms with Gasteiger partial charge in [0.2, 0.25) is 0 Å². The quantitative estimate of drug-likeness (QED) is 0.442. The zero-order valence-electron chi connectivity index (χ0n) is 9.21. The summed E-state index contributed by atoms with van der Waals surface area (Å²) in [5.74, 6) is 0.0891. The van der Waals surface area contributed by atoms with Crippen LogP contribution in [0.1, 0.15) is 12.0 Å². The number of hydrogen-bond donors (Lipinski definition) is 0. The number of rotatable bonds is 2. The van der Waals surface area contributed by atoms with Crippen molar-refractivity contribution in [1.82, 2.24) is 0 Å². The number of fused-ring (bicyclic) bond motifs is 1. The summed E-state index contributed by atoms with van der Waals surface area (Å²) in [5, 5.41) is 10.6. The Morgan fingerprint density at radius 3 is 3.00 bits per heavy atom. The second kappa shape index (κ2) is 4.40. The van der Waals surface area contributed by atoms with Gasteiger partial charge >= 0.3 is 5.97 Å². The van der Waals surface area contributed by atoms with Crippen LogP contribution < -0.4 is 4.74 Å². The second-order valence-electron chi connectivity index (χ2n) is 3.72. The topological polar surface area (TPSA) is 78.7 Å². The predicted molar refractivity (Wildman–Crippen MR) is 57.8 cm³/mol. The molecule has 17 heavy (non-hydrogen) atoms. The van der Waals surface area contributed by atoms with Crippen molar-refractivity contribution in [3.05, 3.63) is 33.9 Å². The Bertz CT molecular complexity index is 471. The van der Waals surface area contributed by atoms with Gasteiger partial charge in [-0.3, -0.25) is 10.1 Å². The van der Waals surface area contributed by atoms with Crippen molar-refractivity contribution in [2.45, 2.75) is 18.9 Å². The Morgan fingerprint density at radius 1 is 1.59 bits per heavy atom. The number of nitrogens with zero attached hydrogens (tertiary/aromatic N) is 1. The van der Waals surface area contributed by atoms with Gasteiger partial charge in [-0.2, -0.15) is 0 Å². The van der Waals surface area contributed by atoms with Crippen molar-refractivity contribution >= 4 is 11.7 Å². The van der Waals surface area contributed by atoms with Gasteiger partial charge in [0.05, 0.1) is 12.0 Å². The number of benzene rings is 1. The maximum atomic E-state index is 11.3. The van der Waals surface area contributed by atoms with Gasteiger partial charge in [0.15, 0.2) is 6.10 Å². The minimum atomic E-state index is -0.617. The summed E-state index contributed by atoms with van der Waals surface area (Å²) >= 11 is 0. The van der Waals surface area contributed by atoms with Crippen LogP contribution in [0, 0.1) is 10.1 Å². The highest BCUT2D eigenvalue weighted by Crippen LogP contribution is 2.30. The molecule has 0 radical (unpaired) electrons. The van der Waals surface area contributed by atoms with E-state index < -0.39 is 17.0 Å². The van der Waals surface area contributed by atoms with Gasteiger partial charge in [-0.05, 0) is 18.9 Å². The molecule has 1 aromatic rings. The molecule has 1 aliphatic heterocycles. The molecule has 1 heterocycles. The lowest BCUT2D eigenvalue weighted by Crippen LogP contribution is -2.32. The van der Waals surface area contributed by atoms with Crippen LogP contribution in [-0.2, 0) is 16.0 Å². The van der Waals surface area contributed by atoms with Gasteiger partial charge in [-0.1, -0.05) is 0 Å². The van der Waals surface area contributed by atoms with Crippen molar-refractivity contribution in [1.29, 1.82) is 0 Å². The SMILES string of the molecule is COC(=O)[C@@H]1CCc2cc([N+](=O)[O-])ccc2O1. The number of carbonyl (C=O) groups excluding carboxylic acids is 1. The number of ether oxygens (including phenoxy) is 2. The first-order valence-corrected chi connectivity index (χ1v) is 5.13. The third kappa shape index (κ3) is 2.20. The Hall–Kier alpha value is -2.11. The van der Waals surface area contributed by atoms with E-state index in [0.717, 1.165) is 5.56 Å². The van der Waals surface area contributed by atoms with E-state index >= 15 is 0 Å². The summed E-state index contributed by atoms with van der Waals surface area (Å²) in [6, 6.07) is 4.35. The molecule has 1 aromatic carbocycles. The van der Waals surface area contributed by atoms with Crippen LogP contribution in [-0.4, -0.2) is 24.1 Å². The molecule has 0 spiro atoms. The van der Waals surface area contributed by atoms with E-state index in [0.29, 0.717) is 18.6 Å². The van der Waals surface area contributed by atoms with Crippen molar-refractivity contribution in [2.75, 3.05) is 7.11 Å². The lowest BCUT2D eigenvalue weighted by Gasteiger charge is -2.23. The molecule has 0 fully saturated rings. The summed E-state index contributed by atoms with van der Waals surface area (Å²) in [6.07, 6.45) is 0.423. The van der Waals surface area contributed by atoms with Crippen molar-refractivity contribution in [3.63, 3.8) is 0 Å². The third-order valence-electron chi connectivity index (χ3n) is 2.66. The fourth-order valence-electron chi connectivity index (χ4n) is 1.79. The first-order chi connectivity index (χ1) is 8.11. The third-order valence-corrected chi connectivity index (χ3v) is 2.66. The number of esters is 1. The van der Waals surface area contributed by atoms with E-state index in [4.69, 9.17) is 4.74 Å². The molecular weight excluding hydrogens is 226 g/mol. The highest BCUT2D eigenvalue weighted by molar-refractivity contribution is 5.75. The molecule has 0 aliphatic carbocycles. The molecule has 90 valence electrons. The van der Waals surface area contributed by atoms with Gasteiger partial charge in [-0.15, -0.1) is 0 Å². The summed E-state index contributed by atoms with van der Waals surface area (Å²) in [5.41, 5.74) is 0.781. The maximum Gasteiger partial charge on any atom is 0.347 e. The van der Waals surface area contributed by atoms with E-state index in [9.17, 15) is 14.9 Å². The van der Waals surface area contributed by atoms with Gasteiger partial charge in [-0.25, -0.2) is 4.79 Å². The molecule has 0 bridgehead atoms. The zero-order chi connectivity index (χ0) is 12.4. The molecule has 0 N–H and O–H groups in total. The number of nitro groups is 1. The summed E-state index contributed by atoms with van der Waals surface area (Å²) < 4.78 is 10.0. The van der Waals surface area contributed by atoms with Crippen LogP contribution in [0.3, 0.4) is 0 Å². The normalized spacial score (nSPS) is 17.8. The molecule has 0 saturated carbocycles. The van der Waals surface area contributed by atoms with Crippen LogP contribution in [0.5, 0.6) is 5.75 Å². The van der Waals surface area contributed by atoms with Crippen molar-refractivity contribution < 1.29 is 19.2 Å². The van der Waals surface area contributed by atoms with Crippen LogP contribution in [0.15, 0.2) is 18.2 Å². The first-order valence-electron chi connectivity index (χ1n) is 5.13. The van der Waals surface area contributed by atoms with Gasteiger partial charge < -0.3 is 9.47 Å². The average molecular weight is 237 g/mol. The summed E-state index contributed by atoms with van der Waals surface area (Å²) in [7, 11) is 1.30. The Kier molecular flexibility index (Phi) is 2.95. The monoisotopic (exact) mass is 237 g/mol. The van der Waals surface area contributed by atoms with E-state index in [1.165, 1.54) is 25.3 Å². The minimum Gasteiger partial charge on any atom is -0.478 e. The molecule has 1 aliphatic rings. The number of non-ortho nitro benzene ring substituents is 1. The summed E-state index contributed by atoms with van der Waals surface area (Å²) in [4.78, 5) is 21.4. The second-order valence-corrected chi connectivity index (χ2v) is 3.72. The smallest absolute Gasteiger partial charge is 0.347 e. The predicted octanol–water partition coefficient (Wildman–Crippen LogP) is 1.46. The van der Waals surface area contributed by atoms with Gasteiger partial charge in [0, 0.05) is 17.7 Å². The zero-order valence-corrected chi connectivity index (χ0v) is 9.21. The van der Waals surface area contributed by atoms with E-state index in [1.54, 1.807) is 0 Å². The molecule has 6 heteroatoms. The molecule has 6 nitrogen and oxygen atoms in total. The minimum absolute atomic E-state index is 0.0314. The number of aryl methyl sites for hydroxylation is 1. The van der Waals surface area contributed by atoms with Crippen LogP contribution in [0.2, 0.25) is 0 Å². The van der Waals surface area contributed by atoms with Crippen molar-refractivity contribution in [2.24, 2.45) is 0 Å². The van der Waals surface area contributed by atoms with Crippen LogP contribution in [0.25, 0.3) is 0 Å². The van der Waals surface area contributed by atoms with Gasteiger partial charge in [0.25, 0.3) is 5.69 Å². The number of methoxy groups -OCH3 is 1. The highest BCUT2D eigenvalue weighted by Gasteiger charge is 2.27.